The maximum absolute atomic E-state index is 4.98. The highest BCUT2D eigenvalue weighted by Crippen LogP contribution is 2.56. The molecule has 12 aromatic carbocycles. The third-order valence-electron chi connectivity index (χ3n) is 31.7. The number of imidazole rings is 4. The van der Waals surface area contributed by atoms with Crippen LogP contribution < -0.4 is 0 Å². The third-order valence-corrected chi connectivity index (χ3v) is 31.7. The molecule has 0 saturated carbocycles. The van der Waals surface area contributed by atoms with Gasteiger partial charge in [0.25, 0.3) is 0 Å². The summed E-state index contributed by atoms with van der Waals surface area (Å²) in [4.78, 5) is 57.5. The minimum Gasteiger partial charge on any atom is -0.288 e. The number of fused-ring (bicyclic) bond motifs is 59. The zero-order chi connectivity index (χ0) is 90.7. The van der Waals surface area contributed by atoms with Gasteiger partial charge in [-0.15, -0.1) is 0 Å². The molecule has 0 amide bonds. The molecule has 0 spiro atoms. The van der Waals surface area contributed by atoms with Crippen LogP contribution in [-0.4, -0.2) is 77.4 Å². The molecule has 0 N–H and O–H groups in total. The zero-order valence-electron chi connectivity index (χ0n) is 75.1. The molecule has 16 nitrogen and oxygen atoms in total. The molecule has 648 valence electrons. The second-order valence-electron chi connectivity index (χ2n) is 38.8. The Bertz CT molecular complexity index is 10700. The van der Waals surface area contributed by atoms with Gasteiger partial charge in [-0.05, 0) is 381 Å². The van der Waals surface area contributed by atoms with E-state index in [1.165, 1.54) is 178 Å². The number of hydrogen-bond acceptors (Lipinski definition) is 12. The van der Waals surface area contributed by atoms with Crippen LogP contribution in [0.15, 0.2) is 341 Å². The van der Waals surface area contributed by atoms with Gasteiger partial charge in [0, 0.05) is 92.7 Å². The van der Waals surface area contributed by atoms with Crippen LogP contribution in [-0.2, 0) is 51.4 Å². The SMILES string of the molecule is c1ccc2c(c1)Cc1c-2ccc2c1-c1cc3c(cc1C2)c1nc2ncccc2n1c1cccnc31.c1ccc2c(c1)Cc1c-2ccc2c1Cc1cc3c(cc1-2)c1ncccc1n1c2cccnc2nc31.c1ccc2c(c1)Cc1cc3c(cc1-2)-c1cc2c(cc1C3)c1nc3ncccc3n1c1cccnc21.c1ccc2c(c1)Cc1ccc3c(c1-2)-c1cc2c(cc1C3)c1nc3ncccc3n1c1cccnc21. The predicted octanol–water partition coefficient (Wildman–Crippen LogP) is 26.9. The van der Waals surface area contributed by atoms with Crippen LogP contribution in [0, 0.1) is 0 Å². The molecule has 0 atom stereocenters. The van der Waals surface area contributed by atoms with Crippen molar-refractivity contribution in [2.24, 2.45) is 0 Å². The quantitative estimate of drug-likeness (QED) is 0.132. The number of hydrogen-bond donors (Lipinski definition) is 0. The van der Waals surface area contributed by atoms with Gasteiger partial charge < -0.3 is 0 Å². The predicted molar refractivity (Wildman–Crippen MR) is 559 cm³/mol. The topological polar surface area (TPSA) is 172 Å². The van der Waals surface area contributed by atoms with Crippen molar-refractivity contribution >= 4 is 154 Å². The first-order chi connectivity index (χ1) is 69.4. The van der Waals surface area contributed by atoms with E-state index in [2.05, 4.69) is 280 Å². The molecule has 0 fully saturated rings. The van der Waals surface area contributed by atoms with Gasteiger partial charge in [0.2, 0.25) is 0 Å². The first-order valence-electron chi connectivity index (χ1n) is 48.2. The van der Waals surface area contributed by atoms with Crippen LogP contribution in [0.25, 0.3) is 243 Å². The van der Waals surface area contributed by atoms with Gasteiger partial charge in [-0.2, -0.15) is 0 Å². The second kappa shape index (κ2) is 27.7. The lowest BCUT2D eigenvalue weighted by Gasteiger charge is -2.13. The first-order valence-corrected chi connectivity index (χ1v) is 48.2. The molecule has 36 rings (SSSR count). The Hall–Kier alpha value is -18.3. The van der Waals surface area contributed by atoms with Crippen molar-refractivity contribution < 1.29 is 0 Å². The zero-order valence-corrected chi connectivity index (χ0v) is 75.1. The van der Waals surface area contributed by atoms with E-state index in [0.29, 0.717) is 0 Å². The Labute approximate surface area is 796 Å². The van der Waals surface area contributed by atoms with E-state index in [0.717, 1.165) is 206 Å². The lowest BCUT2D eigenvalue weighted by molar-refractivity contribution is 1.16. The Balaban J connectivity index is 0.0000000829. The molecule has 28 aromatic rings. The fraction of sp³-hybridized carbons (Fsp3) is 0.0645. The summed E-state index contributed by atoms with van der Waals surface area (Å²) in [7, 11) is 0. The van der Waals surface area contributed by atoms with Crippen molar-refractivity contribution in [2.45, 2.75) is 51.4 Å². The van der Waals surface area contributed by atoms with E-state index < -0.39 is 0 Å². The maximum atomic E-state index is 4.98. The standard InChI is InChI=1S/4C31H18N4/c1-2-6-20-17(5-1)14-23-21(20)10-9-18-13-19-15-25-24(16-22(19)28(18)23)29-26(7-3-11-32-29)35-27-8-4-12-33-30(27)34-31(25)35;1-2-6-19-17(5-1)13-23-20(19)9-10-21-22-16-25-26(15-18(22)14-24(21)23)31-34-30-28(8-4-12-33-30)35(31)27-7-3-11-32-29(25)27;1-2-6-21-17(5-1)13-18-9-10-19-14-20-15-24-23(16-22(20)28(19)27(18)21)29-25(7-3-11-32-29)35-26-8-4-12-33-30(26)34-31(24)35;1-2-6-21-17(5-1)11-18-12-19-13-20-14-26-25(16-24(20)23(19)15-22(18)21)29-27(7-3-9-32-29)35-28-8-4-10-33-30(28)34-31(26)35/h3*1-12,15-16H,13-14H2;1-10,12,14-16H,11,13H2. The van der Waals surface area contributed by atoms with Gasteiger partial charge >= 0.3 is 0 Å². The van der Waals surface area contributed by atoms with E-state index in [9.17, 15) is 0 Å². The van der Waals surface area contributed by atoms with E-state index in [1.54, 1.807) is 0 Å². The average Bonchev–Trinajstić information content (AvgIpc) is 1.55. The van der Waals surface area contributed by atoms with E-state index in [1.807, 2.05) is 98.1 Å². The molecule has 16 heterocycles. The van der Waals surface area contributed by atoms with Crippen molar-refractivity contribution in [1.82, 2.24) is 77.4 Å². The molecule has 0 saturated heterocycles. The molecule has 8 aliphatic carbocycles. The van der Waals surface area contributed by atoms with Crippen molar-refractivity contribution in [3.8, 4) is 89.0 Å². The highest BCUT2D eigenvalue weighted by molar-refractivity contribution is 6.19. The highest BCUT2D eigenvalue weighted by Gasteiger charge is 2.36. The van der Waals surface area contributed by atoms with Crippen molar-refractivity contribution in [3.05, 3.63) is 430 Å². The van der Waals surface area contributed by atoms with Crippen LogP contribution in [0.4, 0.5) is 0 Å². The Morgan fingerprint density at radius 1 is 0.157 bits per heavy atom. The number of benzene rings is 12. The smallest absolute Gasteiger partial charge is 0.178 e. The summed E-state index contributed by atoms with van der Waals surface area (Å²) in [6.45, 7) is 0. The van der Waals surface area contributed by atoms with Crippen LogP contribution in [0.2, 0.25) is 0 Å². The van der Waals surface area contributed by atoms with Crippen LogP contribution >= 0.6 is 0 Å². The monoisotopic (exact) mass is 1780 g/mol. The summed E-state index contributed by atoms with van der Waals surface area (Å²) >= 11 is 0. The lowest BCUT2D eigenvalue weighted by atomic mass is 9.93. The van der Waals surface area contributed by atoms with Crippen molar-refractivity contribution in [2.75, 3.05) is 0 Å². The van der Waals surface area contributed by atoms with Crippen LogP contribution in [0.3, 0.4) is 0 Å². The highest BCUT2D eigenvalue weighted by atomic mass is 15.1. The number of nitrogens with zero attached hydrogens (tertiary/aromatic N) is 16. The molecule has 8 aliphatic rings. The summed E-state index contributed by atoms with van der Waals surface area (Å²) in [6, 6.07) is 106. The molecule has 140 heavy (non-hydrogen) atoms. The van der Waals surface area contributed by atoms with Crippen molar-refractivity contribution in [3.63, 3.8) is 0 Å². The summed E-state index contributed by atoms with van der Waals surface area (Å²) < 4.78 is 8.87. The minimum absolute atomic E-state index is 0.767. The van der Waals surface area contributed by atoms with Gasteiger partial charge in [0.05, 0.1) is 66.2 Å². The van der Waals surface area contributed by atoms with Crippen LogP contribution in [0.5, 0.6) is 0 Å². The Morgan fingerprint density at radius 2 is 0.421 bits per heavy atom. The minimum atomic E-state index is 0.767. The van der Waals surface area contributed by atoms with Gasteiger partial charge in [-0.25, -0.2) is 39.9 Å². The third kappa shape index (κ3) is 10.3. The Morgan fingerprint density at radius 3 is 0.871 bits per heavy atom. The molecule has 16 heteroatoms. The number of rotatable bonds is 0. The molecule has 0 radical (unpaired) electrons. The molecule has 16 aromatic heterocycles. The summed E-state index contributed by atoms with van der Waals surface area (Å²) in [5.74, 6) is 0. The number of aromatic nitrogens is 16. The molecule has 0 bridgehead atoms. The van der Waals surface area contributed by atoms with Gasteiger partial charge in [-0.1, -0.05) is 140 Å². The lowest BCUT2D eigenvalue weighted by Crippen LogP contribution is -1.94. The largest absolute Gasteiger partial charge is 0.288 e. The first kappa shape index (κ1) is 75.1. The second-order valence-corrected chi connectivity index (χ2v) is 38.8. The average molecular weight is 1790 g/mol. The van der Waals surface area contributed by atoms with Gasteiger partial charge in [-0.3, -0.25) is 37.5 Å². The summed E-state index contributed by atoms with van der Waals surface area (Å²) in [6.07, 6.45) is 22.7. The van der Waals surface area contributed by atoms with E-state index in [-0.39, 0.29) is 0 Å². The Kier molecular flexibility index (Phi) is 14.9. The fourth-order valence-electron chi connectivity index (χ4n) is 25.8. The molecular formula is C124H72N16. The van der Waals surface area contributed by atoms with Gasteiger partial charge in [0.15, 0.2) is 22.6 Å². The fourth-order valence-corrected chi connectivity index (χ4v) is 25.8. The molecule has 0 unspecified atom stereocenters. The normalized spacial score (nSPS) is 13.5. The summed E-state index contributed by atoms with van der Waals surface area (Å²) in [5.41, 5.74) is 64.0. The van der Waals surface area contributed by atoms with Crippen LogP contribution in [0.1, 0.15) is 89.0 Å². The maximum Gasteiger partial charge on any atom is 0.178 e. The molecular weight excluding hydrogens is 1710 g/mol. The van der Waals surface area contributed by atoms with Gasteiger partial charge in [0.1, 0.15) is 22.6 Å². The number of pyridine rings is 12. The molecule has 0 aliphatic heterocycles. The van der Waals surface area contributed by atoms with E-state index >= 15 is 0 Å². The van der Waals surface area contributed by atoms with E-state index in [4.69, 9.17) is 39.9 Å². The van der Waals surface area contributed by atoms with Crippen molar-refractivity contribution in [1.29, 1.82) is 0 Å². The summed E-state index contributed by atoms with van der Waals surface area (Å²) in [5, 5.41) is 9.16.